The van der Waals surface area contributed by atoms with Gasteiger partial charge in [-0.3, -0.25) is 4.21 Å². The number of rotatable bonds is 8. The molecule has 2 rings (SSSR count). The third-order valence-corrected chi connectivity index (χ3v) is 4.35. The van der Waals surface area contributed by atoms with Crippen molar-refractivity contribution in [1.82, 2.24) is 15.5 Å². The van der Waals surface area contributed by atoms with Gasteiger partial charge in [0, 0.05) is 34.9 Å². The van der Waals surface area contributed by atoms with Crippen molar-refractivity contribution in [2.45, 2.75) is 44.0 Å². The third-order valence-electron chi connectivity index (χ3n) is 2.98. The van der Waals surface area contributed by atoms with Crippen LogP contribution in [0, 0.1) is 0 Å². The zero-order valence-corrected chi connectivity index (χ0v) is 11.6. The van der Waals surface area contributed by atoms with E-state index in [2.05, 4.69) is 20.8 Å². The summed E-state index contributed by atoms with van der Waals surface area (Å²) in [6.45, 7) is 3.30. The molecule has 2 unspecified atom stereocenters. The number of aromatic nitrogens is 2. The molecule has 0 amide bonds. The lowest BCUT2D eigenvalue weighted by Gasteiger charge is -2.07. The van der Waals surface area contributed by atoms with E-state index in [0.29, 0.717) is 31.0 Å². The highest BCUT2D eigenvalue weighted by Gasteiger charge is 2.21. The molecule has 1 fully saturated rings. The van der Waals surface area contributed by atoms with Crippen LogP contribution < -0.4 is 10.6 Å². The van der Waals surface area contributed by atoms with Crippen molar-refractivity contribution < 1.29 is 8.63 Å². The van der Waals surface area contributed by atoms with E-state index >= 15 is 0 Å². The molecule has 102 valence electrons. The summed E-state index contributed by atoms with van der Waals surface area (Å²) in [6, 6.07) is 1.07. The second-order valence-electron chi connectivity index (χ2n) is 4.68. The highest BCUT2D eigenvalue weighted by atomic mass is 32.2. The smallest absolute Gasteiger partial charge is 0.315 e. The van der Waals surface area contributed by atoms with Crippen LogP contribution in [0.25, 0.3) is 0 Å². The van der Waals surface area contributed by atoms with Gasteiger partial charge in [0.15, 0.2) is 0 Å². The molecule has 1 aromatic rings. The molecule has 1 aliphatic rings. The second kappa shape index (κ2) is 6.29. The van der Waals surface area contributed by atoms with Gasteiger partial charge in [0.2, 0.25) is 5.89 Å². The van der Waals surface area contributed by atoms with E-state index < -0.39 is 10.8 Å². The maximum Gasteiger partial charge on any atom is 0.315 e. The number of hydrogen-bond acceptors (Lipinski definition) is 6. The lowest BCUT2D eigenvalue weighted by Crippen LogP contribution is -2.15. The molecule has 1 heterocycles. The molecule has 0 spiro atoms. The van der Waals surface area contributed by atoms with Crippen molar-refractivity contribution in [1.29, 1.82) is 0 Å². The van der Waals surface area contributed by atoms with Crippen LogP contribution in [0.4, 0.5) is 6.01 Å². The maximum absolute atomic E-state index is 11.2. The molecule has 2 N–H and O–H groups in total. The van der Waals surface area contributed by atoms with Crippen molar-refractivity contribution in [3.8, 4) is 0 Å². The van der Waals surface area contributed by atoms with Gasteiger partial charge < -0.3 is 15.1 Å². The first kappa shape index (κ1) is 13.5. The monoisotopic (exact) mass is 272 g/mol. The molecule has 6 nitrogen and oxygen atoms in total. The Kier molecular flexibility index (Phi) is 4.71. The van der Waals surface area contributed by atoms with Gasteiger partial charge in [-0.05, 0) is 19.3 Å². The Balaban J connectivity index is 1.67. The Morgan fingerprint density at radius 1 is 1.50 bits per heavy atom. The van der Waals surface area contributed by atoms with E-state index in [9.17, 15) is 4.21 Å². The molecular formula is C11H20N4O2S. The van der Waals surface area contributed by atoms with Crippen molar-refractivity contribution in [2.24, 2.45) is 0 Å². The van der Waals surface area contributed by atoms with E-state index in [0.717, 1.165) is 6.42 Å². The lowest BCUT2D eigenvalue weighted by molar-refractivity contribution is 0.475. The Bertz CT molecular complexity index is 406. The summed E-state index contributed by atoms with van der Waals surface area (Å²) in [7, 11) is -0.781. The van der Waals surface area contributed by atoms with Crippen LogP contribution in [-0.4, -0.2) is 38.5 Å². The molecule has 7 heteroatoms. The van der Waals surface area contributed by atoms with Crippen LogP contribution in [0.3, 0.4) is 0 Å². The summed E-state index contributed by atoms with van der Waals surface area (Å²) >= 11 is 0. The normalized spacial score (nSPS) is 18.6. The van der Waals surface area contributed by atoms with Gasteiger partial charge in [-0.1, -0.05) is 12.0 Å². The molecule has 1 aliphatic carbocycles. The largest absolute Gasteiger partial charge is 0.407 e. The maximum atomic E-state index is 11.2. The van der Waals surface area contributed by atoms with Crippen molar-refractivity contribution >= 4 is 16.8 Å². The number of anilines is 1. The van der Waals surface area contributed by atoms with Crippen molar-refractivity contribution in [2.75, 3.05) is 18.1 Å². The van der Waals surface area contributed by atoms with Crippen molar-refractivity contribution in [3.63, 3.8) is 0 Å². The Labute approximate surface area is 109 Å². The molecule has 2 atom stereocenters. The average Bonchev–Trinajstić information content (AvgIpc) is 3.06. The summed E-state index contributed by atoms with van der Waals surface area (Å²) in [4.78, 5) is 0. The molecule has 0 aliphatic heterocycles. The van der Waals surface area contributed by atoms with Gasteiger partial charge in [0.1, 0.15) is 0 Å². The van der Waals surface area contributed by atoms with Crippen LogP contribution in [0.1, 0.15) is 32.1 Å². The fourth-order valence-corrected chi connectivity index (χ4v) is 1.91. The second-order valence-corrected chi connectivity index (χ2v) is 6.48. The van der Waals surface area contributed by atoms with Crippen LogP contribution in [-0.2, 0) is 17.3 Å². The number of hydrogen-bond donors (Lipinski definition) is 2. The predicted octanol–water partition coefficient (Wildman–Crippen LogP) is 0.891. The topological polar surface area (TPSA) is 80.1 Å². The molecule has 0 radical (unpaired) electrons. The molecule has 0 bridgehead atoms. The van der Waals surface area contributed by atoms with Gasteiger partial charge in [-0.15, -0.1) is 5.10 Å². The van der Waals surface area contributed by atoms with Crippen LogP contribution in [0.15, 0.2) is 4.42 Å². The van der Waals surface area contributed by atoms with E-state index in [1.807, 2.05) is 6.92 Å². The summed E-state index contributed by atoms with van der Waals surface area (Å²) in [6.07, 6.45) is 5.02. The van der Waals surface area contributed by atoms with E-state index in [1.165, 1.54) is 12.8 Å². The Hall–Kier alpha value is -0.950. The van der Waals surface area contributed by atoms with Gasteiger partial charge in [0.05, 0.1) is 6.54 Å². The Morgan fingerprint density at radius 2 is 2.28 bits per heavy atom. The predicted molar refractivity (Wildman–Crippen MR) is 70.8 cm³/mol. The van der Waals surface area contributed by atoms with Gasteiger partial charge in [-0.2, -0.15) is 0 Å². The fraction of sp³-hybridized carbons (Fsp3) is 0.818. The summed E-state index contributed by atoms with van der Waals surface area (Å²) < 4.78 is 16.6. The number of nitrogens with one attached hydrogen (secondary N) is 2. The lowest BCUT2D eigenvalue weighted by atomic mass is 10.3. The molecule has 1 aromatic heterocycles. The summed E-state index contributed by atoms with van der Waals surface area (Å²) in [5, 5.41) is 14.4. The van der Waals surface area contributed by atoms with Crippen LogP contribution >= 0.6 is 0 Å². The minimum Gasteiger partial charge on any atom is -0.407 e. The quantitative estimate of drug-likeness (QED) is 0.731. The van der Waals surface area contributed by atoms with Crippen LogP contribution in [0.5, 0.6) is 0 Å². The zero-order chi connectivity index (χ0) is 13.0. The average molecular weight is 272 g/mol. The standard InChI is InChI=1S/C11H20N4O2S/c1-8(18(2)16)5-6-12-11-15-14-10(17-11)7-13-9-3-4-9/h8-9,13H,3-7H2,1-2H3,(H,12,15). The molecular weight excluding hydrogens is 252 g/mol. The van der Waals surface area contributed by atoms with Gasteiger partial charge in [-0.25, -0.2) is 0 Å². The fourth-order valence-electron chi connectivity index (χ4n) is 1.46. The SMILES string of the molecule is CC(CCNc1nnc(CNC2CC2)o1)S(C)=O. The number of nitrogens with zero attached hydrogens (tertiary/aromatic N) is 2. The third kappa shape index (κ3) is 4.38. The minimum atomic E-state index is -0.781. The Morgan fingerprint density at radius 3 is 2.94 bits per heavy atom. The minimum absolute atomic E-state index is 0.177. The molecule has 1 saturated carbocycles. The first-order valence-corrected chi connectivity index (χ1v) is 7.89. The highest BCUT2D eigenvalue weighted by molar-refractivity contribution is 7.84. The van der Waals surface area contributed by atoms with Crippen LogP contribution in [0.2, 0.25) is 0 Å². The van der Waals surface area contributed by atoms with Crippen molar-refractivity contribution in [3.05, 3.63) is 5.89 Å². The molecule has 0 aromatic carbocycles. The summed E-state index contributed by atoms with van der Waals surface area (Å²) in [5.41, 5.74) is 0. The van der Waals surface area contributed by atoms with Gasteiger partial charge in [0.25, 0.3) is 0 Å². The zero-order valence-electron chi connectivity index (χ0n) is 10.8. The van der Waals surface area contributed by atoms with E-state index in [1.54, 1.807) is 6.26 Å². The molecule has 18 heavy (non-hydrogen) atoms. The van der Waals surface area contributed by atoms with E-state index in [4.69, 9.17) is 4.42 Å². The highest BCUT2D eigenvalue weighted by Crippen LogP contribution is 2.19. The molecule has 0 saturated heterocycles. The van der Waals surface area contributed by atoms with E-state index in [-0.39, 0.29) is 5.25 Å². The first-order valence-electron chi connectivity index (χ1n) is 6.27. The summed E-state index contributed by atoms with van der Waals surface area (Å²) in [5.74, 6) is 0.608. The first-order chi connectivity index (χ1) is 8.65. The van der Waals surface area contributed by atoms with Gasteiger partial charge >= 0.3 is 6.01 Å².